The molecule has 28 heavy (non-hydrogen) atoms. The fourth-order valence-corrected chi connectivity index (χ4v) is 4.07. The van der Waals surface area contributed by atoms with Gasteiger partial charge in [0.05, 0.1) is 0 Å². The largest absolute Gasteiger partial charge is 0.356 e. The van der Waals surface area contributed by atoms with Gasteiger partial charge in [0.15, 0.2) is 0 Å². The molecule has 2 aromatic heterocycles. The highest BCUT2D eigenvalue weighted by Gasteiger charge is 2.26. The van der Waals surface area contributed by atoms with Gasteiger partial charge in [-0.05, 0) is 51.5 Å². The molecular formula is C20H26N6O2. The molecule has 2 aromatic rings. The molecule has 1 aliphatic heterocycles. The third kappa shape index (κ3) is 3.76. The van der Waals surface area contributed by atoms with E-state index in [-0.39, 0.29) is 23.2 Å². The summed E-state index contributed by atoms with van der Waals surface area (Å²) >= 11 is 0. The normalized spacial score (nSPS) is 17.3. The van der Waals surface area contributed by atoms with Gasteiger partial charge in [-0.15, -0.1) is 0 Å². The smallest absolute Gasteiger partial charge is 0.271 e. The molecule has 1 amide bonds. The summed E-state index contributed by atoms with van der Waals surface area (Å²) in [4.78, 5) is 35.6. The maximum atomic E-state index is 12.4. The van der Waals surface area contributed by atoms with Crippen LogP contribution in [0.15, 0.2) is 16.9 Å². The number of aryl methyl sites for hydroxylation is 3. The second-order valence-electron chi connectivity index (χ2n) is 7.64. The highest BCUT2D eigenvalue weighted by molar-refractivity contribution is 5.92. The Balaban J connectivity index is 1.41. The molecule has 0 spiro atoms. The predicted octanol–water partition coefficient (Wildman–Crippen LogP) is 1.16. The Bertz CT molecular complexity index is 946. The van der Waals surface area contributed by atoms with Crippen LogP contribution in [0.5, 0.6) is 0 Å². The number of rotatable bonds is 3. The molecule has 8 nitrogen and oxygen atoms in total. The van der Waals surface area contributed by atoms with Crippen molar-refractivity contribution in [2.75, 3.05) is 18.0 Å². The van der Waals surface area contributed by atoms with Gasteiger partial charge < -0.3 is 10.2 Å². The van der Waals surface area contributed by atoms with Crippen LogP contribution in [0.25, 0.3) is 0 Å². The van der Waals surface area contributed by atoms with E-state index in [9.17, 15) is 9.59 Å². The van der Waals surface area contributed by atoms with Crippen LogP contribution in [0.3, 0.4) is 0 Å². The van der Waals surface area contributed by atoms with Gasteiger partial charge in [-0.1, -0.05) is 0 Å². The van der Waals surface area contributed by atoms with Crippen LogP contribution in [0.1, 0.15) is 53.3 Å². The number of nitrogens with zero attached hydrogens (tertiary/aromatic N) is 5. The Kier molecular flexibility index (Phi) is 5.11. The number of hydrogen-bond donors (Lipinski definition) is 1. The number of fused-ring (bicyclic) bond motifs is 1. The van der Waals surface area contributed by atoms with E-state index in [1.807, 2.05) is 6.92 Å². The van der Waals surface area contributed by atoms with E-state index < -0.39 is 0 Å². The Labute approximate surface area is 164 Å². The lowest BCUT2D eigenvalue weighted by Crippen LogP contribution is -2.45. The molecule has 0 radical (unpaired) electrons. The van der Waals surface area contributed by atoms with Gasteiger partial charge in [0.2, 0.25) is 0 Å². The Hall–Kier alpha value is -2.77. The van der Waals surface area contributed by atoms with Crippen molar-refractivity contribution in [2.24, 2.45) is 7.05 Å². The van der Waals surface area contributed by atoms with Crippen molar-refractivity contribution in [2.45, 2.75) is 51.5 Å². The van der Waals surface area contributed by atoms with E-state index in [0.29, 0.717) is 0 Å². The minimum Gasteiger partial charge on any atom is -0.356 e. The Morgan fingerprint density at radius 3 is 2.64 bits per heavy atom. The standard InChI is InChI=1S/C20H26N6O2/c1-13-21-16-6-4-3-5-15(16)19(22-13)26-11-9-14(10-12-26)23-20(28)17-7-8-18(27)25(2)24-17/h7-8,14H,3-6,9-12H2,1-2H3,(H,23,28). The van der Waals surface area contributed by atoms with Crippen LogP contribution in [-0.4, -0.2) is 44.8 Å². The van der Waals surface area contributed by atoms with Crippen molar-refractivity contribution >= 4 is 11.7 Å². The lowest BCUT2D eigenvalue weighted by molar-refractivity contribution is 0.0923. The van der Waals surface area contributed by atoms with Gasteiger partial charge in [-0.2, -0.15) is 5.10 Å². The summed E-state index contributed by atoms with van der Waals surface area (Å²) in [7, 11) is 1.54. The molecule has 3 heterocycles. The molecule has 1 fully saturated rings. The third-order valence-corrected chi connectivity index (χ3v) is 5.60. The number of hydrogen-bond acceptors (Lipinski definition) is 6. The number of carbonyl (C=O) groups excluding carboxylic acids is 1. The molecule has 0 saturated carbocycles. The van der Waals surface area contributed by atoms with Crippen molar-refractivity contribution in [3.8, 4) is 0 Å². The van der Waals surface area contributed by atoms with Crippen LogP contribution in [-0.2, 0) is 19.9 Å². The zero-order valence-electron chi connectivity index (χ0n) is 16.4. The van der Waals surface area contributed by atoms with E-state index in [4.69, 9.17) is 4.98 Å². The highest BCUT2D eigenvalue weighted by atomic mass is 16.2. The molecule has 1 aliphatic carbocycles. The number of amides is 1. The van der Waals surface area contributed by atoms with Gasteiger partial charge in [-0.25, -0.2) is 14.6 Å². The molecule has 1 N–H and O–H groups in total. The minimum atomic E-state index is -0.232. The molecule has 0 bridgehead atoms. The number of aromatic nitrogens is 4. The van der Waals surface area contributed by atoms with Crippen LogP contribution < -0.4 is 15.8 Å². The first-order valence-electron chi connectivity index (χ1n) is 9.98. The first kappa shape index (κ1) is 18.6. The SMILES string of the molecule is Cc1nc2c(c(N3CCC(NC(=O)c4ccc(=O)n(C)n4)CC3)n1)CCCC2. The van der Waals surface area contributed by atoms with E-state index in [0.717, 1.165) is 50.4 Å². The maximum Gasteiger partial charge on any atom is 0.271 e. The van der Waals surface area contributed by atoms with E-state index >= 15 is 0 Å². The summed E-state index contributed by atoms with van der Waals surface area (Å²) in [5.74, 6) is 1.70. The Morgan fingerprint density at radius 2 is 1.89 bits per heavy atom. The van der Waals surface area contributed by atoms with Crippen molar-refractivity contribution in [3.63, 3.8) is 0 Å². The molecule has 0 aromatic carbocycles. The topological polar surface area (TPSA) is 93.0 Å². The second-order valence-corrected chi connectivity index (χ2v) is 7.64. The third-order valence-electron chi connectivity index (χ3n) is 5.60. The molecule has 0 atom stereocenters. The van der Waals surface area contributed by atoms with Gasteiger partial charge >= 0.3 is 0 Å². The number of nitrogens with one attached hydrogen (secondary N) is 1. The van der Waals surface area contributed by atoms with E-state index in [2.05, 4.69) is 20.3 Å². The quantitative estimate of drug-likeness (QED) is 0.856. The second kappa shape index (κ2) is 7.69. The monoisotopic (exact) mass is 382 g/mol. The van der Waals surface area contributed by atoms with Gasteiger partial charge in [0.25, 0.3) is 11.5 Å². The average molecular weight is 382 g/mol. The lowest BCUT2D eigenvalue weighted by atomic mass is 9.95. The van der Waals surface area contributed by atoms with Crippen LogP contribution >= 0.6 is 0 Å². The summed E-state index contributed by atoms with van der Waals surface area (Å²) in [6.45, 7) is 3.68. The number of anilines is 1. The molecule has 1 saturated heterocycles. The lowest BCUT2D eigenvalue weighted by Gasteiger charge is -2.35. The Morgan fingerprint density at radius 1 is 1.14 bits per heavy atom. The zero-order chi connectivity index (χ0) is 19.7. The molecule has 0 unspecified atom stereocenters. The van der Waals surface area contributed by atoms with Crippen molar-refractivity contribution in [1.29, 1.82) is 0 Å². The summed E-state index contributed by atoms with van der Waals surface area (Å²) in [5.41, 5.74) is 2.57. The van der Waals surface area contributed by atoms with Gasteiger partial charge in [-0.3, -0.25) is 9.59 Å². The van der Waals surface area contributed by atoms with E-state index in [1.165, 1.54) is 40.9 Å². The van der Waals surface area contributed by atoms with Gasteiger partial charge in [0, 0.05) is 43.5 Å². The fourth-order valence-electron chi connectivity index (χ4n) is 4.07. The van der Waals surface area contributed by atoms with Crippen LogP contribution in [0.4, 0.5) is 5.82 Å². The minimum absolute atomic E-state index is 0.0987. The average Bonchev–Trinajstić information content (AvgIpc) is 2.70. The van der Waals surface area contributed by atoms with Crippen molar-refractivity contribution in [3.05, 3.63) is 45.3 Å². The number of carbonyl (C=O) groups is 1. The highest BCUT2D eigenvalue weighted by Crippen LogP contribution is 2.29. The summed E-state index contributed by atoms with van der Waals surface area (Å²) in [5, 5.41) is 7.07. The molecule has 8 heteroatoms. The summed E-state index contributed by atoms with van der Waals surface area (Å²) in [6.07, 6.45) is 6.22. The molecule has 2 aliphatic rings. The zero-order valence-corrected chi connectivity index (χ0v) is 16.4. The van der Waals surface area contributed by atoms with Crippen molar-refractivity contribution in [1.82, 2.24) is 25.1 Å². The first-order chi connectivity index (χ1) is 13.5. The van der Waals surface area contributed by atoms with Crippen LogP contribution in [0.2, 0.25) is 0 Å². The van der Waals surface area contributed by atoms with Crippen molar-refractivity contribution < 1.29 is 4.79 Å². The van der Waals surface area contributed by atoms with Gasteiger partial charge in [0.1, 0.15) is 17.3 Å². The molecular weight excluding hydrogens is 356 g/mol. The fraction of sp³-hybridized carbons (Fsp3) is 0.550. The predicted molar refractivity (Wildman–Crippen MR) is 106 cm³/mol. The maximum absolute atomic E-state index is 12.4. The number of piperidine rings is 1. The molecule has 148 valence electrons. The van der Waals surface area contributed by atoms with E-state index in [1.54, 1.807) is 7.05 Å². The first-order valence-corrected chi connectivity index (χ1v) is 9.98. The summed E-state index contributed by atoms with van der Waals surface area (Å²) < 4.78 is 1.18. The summed E-state index contributed by atoms with van der Waals surface area (Å²) in [6, 6.07) is 2.94. The van der Waals surface area contributed by atoms with Crippen LogP contribution in [0, 0.1) is 6.92 Å². The molecule has 4 rings (SSSR count).